The molecular formula is C9H11NO3. The molecule has 4 nitrogen and oxygen atoms in total. The molecule has 0 heterocycles. The Morgan fingerprint density at radius 2 is 2.23 bits per heavy atom. The predicted molar refractivity (Wildman–Crippen MR) is 47.5 cm³/mol. The largest absolute Gasteiger partial charge is 0.508 e. The van der Waals surface area contributed by atoms with Crippen LogP contribution in [0.25, 0.3) is 0 Å². The minimum atomic E-state index is -0.979. The molecule has 0 saturated carbocycles. The van der Waals surface area contributed by atoms with E-state index in [1.165, 1.54) is 12.1 Å². The van der Waals surface area contributed by atoms with Gasteiger partial charge in [0.25, 0.3) is 0 Å². The number of carboxylic acids is 1. The van der Waals surface area contributed by atoms with Crippen molar-refractivity contribution in [2.45, 2.75) is 5.92 Å². The second kappa shape index (κ2) is 3.91. The van der Waals surface area contributed by atoms with E-state index in [-0.39, 0.29) is 12.3 Å². The lowest BCUT2D eigenvalue weighted by Gasteiger charge is -2.09. The summed E-state index contributed by atoms with van der Waals surface area (Å²) in [5.41, 5.74) is 5.82. The fourth-order valence-electron chi connectivity index (χ4n) is 1.12. The number of benzene rings is 1. The van der Waals surface area contributed by atoms with Crippen LogP contribution in [0, 0.1) is 0 Å². The Balaban J connectivity index is 2.98. The predicted octanol–water partition coefficient (Wildman–Crippen LogP) is 0.519. The summed E-state index contributed by atoms with van der Waals surface area (Å²) >= 11 is 0. The van der Waals surface area contributed by atoms with Crippen molar-refractivity contribution in [3.05, 3.63) is 29.8 Å². The number of carbonyl (C=O) groups is 1. The first-order valence-corrected chi connectivity index (χ1v) is 3.87. The van der Waals surface area contributed by atoms with E-state index in [0.717, 1.165) is 0 Å². The highest BCUT2D eigenvalue weighted by atomic mass is 16.4. The molecule has 4 heteroatoms. The minimum Gasteiger partial charge on any atom is -0.508 e. The van der Waals surface area contributed by atoms with Gasteiger partial charge < -0.3 is 15.9 Å². The molecular weight excluding hydrogens is 170 g/mol. The van der Waals surface area contributed by atoms with Crippen molar-refractivity contribution in [1.82, 2.24) is 0 Å². The van der Waals surface area contributed by atoms with Crippen LogP contribution < -0.4 is 5.73 Å². The molecule has 0 amide bonds. The molecule has 0 aliphatic heterocycles. The Morgan fingerprint density at radius 1 is 1.54 bits per heavy atom. The van der Waals surface area contributed by atoms with E-state index < -0.39 is 11.9 Å². The number of hydrogen-bond acceptors (Lipinski definition) is 3. The summed E-state index contributed by atoms with van der Waals surface area (Å²) in [6.45, 7) is 0.0266. The third kappa shape index (κ3) is 2.19. The molecule has 0 spiro atoms. The van der Waals surface area contributed by atoms with Gasteiger partial charge in [-0.2, -0.15) is 0 Å². The Kier molecular flexibility index (Phi) is 2.87. The van der Waals surface area contributed by atoms with Crippen LogP contribution in [0.3, 0.4) is 0 Å². The molecule has 0 fully saturated rings. The molecule has 4 N–H and O–H groups in total. The summed E-state index contributed by atoms with van der Waals surface area (Å²) in [7, 11) is 0. The molecule has 0 unspecified atom stereocenters. The van der Waals surface area contributed by atoms with Gasteiger partial charge in [0.2, 0.25) is 0 Å². The van der Waals surface area contributed by atoms with Gasteiger partial charge in [0.1, 0.15) is 5.75 Å². The SMILES string of the molecule is NC[C@H](C(=O)O)c1cccc(O)c1. The number of aliphatic carboxylic acids is 1. The van der Waals surface area contributed by atoms with Gasteiger partial charge in [0.05, 0.1) is 5.92 Å². The van der Waals surface area contributed by atoms with E-state index in [2.05, 4.69) is 0 Å². The number of phenolic OH excluding ortho intramolecular Hbond substituents is 1. The van der Waals surface area contributed by atoms with E-state index >= 15 is 0 Å². The smallest absolute Gasteiger partial charge is 0.312 e. The zero-order valence-corrected chi connectivity index (χ0v) is 6.97. The normalized spacial score (nSPS) is 12.4. The Hall–Kier alpha value is -1.55. The summed E-state index contributed by atoms with van der Waals surface area (Å²) in [6.07, 6.45) is 0. The van der Waals surface area contributed by atoms with Crippen molar-refractivity contribution in [3.63, 3.8) is 0 Å². The maximum atomic E-state index is 10.7. The first-order chi connectivity index (χ1) is 6.15. The van der Waals surface area contributed by atoms with E-state index in [1.54, 1.807) is 12.1 Å². The average molecular weight is 181 g/mol. The molecule has 70 valence electrons. The number of aromatic hydroxyl groups is 1. The Morgan fingerprint density at radius 3 is 2.69 bits per heavy atom. The molecule has 1 rings (SSSR count). The summed E-state index contributed by atoms with van der Waals surface area (Å²) in [6, 6.07) is 6.12. The second-order valence-corrected chi connectivity index (χ2v) is 2.72. The molecule has 13 heavy (non-hydrogen) atoms. The molecule has 0 radical (unpaired) electrons. The van der Waals surface area contributed by atoms with Crippen LogP contribution in [0.15, 0.2) is 24.3 Å². The van der Waals surface area contributed by atoms with E-state index in [1.807, 2.05) is 0 Å². The molecule has 0 aliphatic rings. The molecule has 0 saturated heterocycles. The minimum absolute atomic E-state index is 0.0266. The lowest BCUT2D eigenvalue weighted by atomic mass is 9.99. The van der Waals surface area contributed by atoms with Crippen LogP contribution in [0.1, 0.15) is 11.5 Å². The molecule has 0 aliphatic carbocycles. The summed E-state index contributed by atoms with van der Waals surface area (Å²) in [4.78, 5) is 10.7. The van der Waals surface area contributed by atoms with Gasteiger partial charge in [-0.1, -0.05) is 12.1 Å². The van der Waals surface area contributed by atoms with Crippen LogP contribution in [0.2, 0.25) is 0 Å². The van der Waals surface area contributed by atoms with Gasteiger partial charge in [-0.25, -0.2) is 0 Å². The molecule has 1 aromatic rings. The number of carboxylic acid groups (broad SMARTS) is 1. The highest BCUT2D eigenvalue weighted by Gasteiger charge is 2.17. The van der Waals surface area contributed by atoms with Crippen LogP contribution in [0.4, 0.5) is 0 Å². The van der Waals surface area contributed by atoms with Crippen molar-refractivity contribution < 1.29 is 15.0 Å². The van der Waals surface area contributed by atoms with Crippen molar-refractivity contribution in [2.24, 2.45) is 5.73 Å². The molecule has 1 atom stereocenters. The topological polar surface area (TPSA) is 83.6 Å². The maximum Gasteiger partial charge on any atom is 0.312 e. The van der Waals surface area contributed by atoms with Gasteiger partial charge >= 0.3 is 5.97 Å². The van der Waals surface area contributed by atoms with Crippen molar-refractivity contribution in [1.29, 1.82) is 0 Å². The first kappa shape index (κ1) is 9.54. The monoisotopic (exact) mass is 181 g/mol. The Bertz CT molecular complexity index is 311. The first-order valence-electron chi connectivity index (χ1n) is 3.87. The maximum absolute atomic E-state index is 10.7. The number of nitrogens with two attached hydrogens (primary N) is 1. The standard InChI is InChI=1S/C9H11NO3/c10-5-8(9(12)13)6-2-1-3-7(11)4-6/h1-4,8,11H,5,10H2,(H,12,13)/t8-/m0/s1. The zero-order chi connectivity index (χ0) is 9.84. The van der Waals surface area contributed by atoms with E-state index in [4.69, 9.17) is 15.9 Å². The quantitative estimate of drug-likeness (QED) is 0.634. The van der Waals surface area contributed by atoms with Gasteiger partial charge in [0.15, 0.2) is 0 Å². The third-order valence-corrected chi connectivity index (χ3v) is 1.81. The lowest BCUT2D eigenvalue weighted by Crippen LogP contribution is -2.20. The van der Waals surface area contributed by atoms with Gasteiger partial charge in [-0.05, 0) is 17.7 Å². The fourth-order valence-corrected chi connectivity index (χ4v) is 1.12. The highest BCUT2D eigenvalue weighted by molar-refractivity contribution is 5.76. The molecule has 0 aromatic heterocycles. The summed E-state index contributed by atoms with van der Waals surface area (Å²) in [5, 5.41) is 17.9. The van der Waals surface area contributed by atoms with E-state index in [0.29, 0.717) is 5.56 Å². The number of phenols is 1. The molecule has 1 aromatic carbocycles. The second-order valence-electron chi connectivity index (χ2n) is 2.72. The summed E-state index contributed by atoms with van der Waals surface area (Å²) < 4.78 is 0. The zero-order valence-electron chi connectivity index (χ0n) is 6.97. The van der Waals surface area contributed by atoms with Crippen LogP contribution >= 0.6 is 0 Å². The van der Waals surface area contributed by atoms with Crippen LogP contribution in [0.5, 0.6) is 5.75 Å². The fraction of sp³-hybridized carbons (Fsp3) is 0.222. The van der Waals surface area contributed by atoms with Gasteiger partial charge in [-0.15, -0.1) is 0 Å². The number of hydrogen-bond donors (Lipinski definition) is 3. The lowest BCUT2D eigenvalue weighted by molar-refractivity contribution is -0.138. The molecule has 0 bridgehead atoms. The van der Waals surface area contributed by atoms with Gasteiger partial charge in [-0.3, -0.25) is 4.79 Å². The summed E-state index contributed by atoms with van der Waals surface area (Å²) in [5.74, 6) is -1.67. The van der Waals surface area contributed by atoms with E-state index in [9.17, 15) is 4.79 Å². The average Bonchev–Trinajstić information content (AvgIpc) is 2.04. The Labute approximate surface area is 75.6 Å². The number of rotatable bonds is 3. The highest BCUT2D eigenvalue weighted by Crippen LogP contribution is 2.19. The van der Waals surface area contributed by atoms with Crippen molar-refractivity contribution in [2.75, 3.05) is 6.54 Å². The van der Waals surface area contributed by atoms with Crippen molar-refractivity contribution >= 4 is 5.97 Å². The van der Waals surface area contributed by atoms with Crippen LogP contribution in [-0.2, 0) is 4.79 Å². The van der Waals surface area contributed by atoms with Gasteiger partial charge in [0, 0.05) is 6.54 Å². The van der Waals surface area contributed by atoms with Crippen molar-refractivity contribution in [3.8, 4) is 5.75 Å². The third-order valence-electron chi connectivity index (χ3n) is 1.81. The van der Waals surface area contributed by atoms with Crippen LogP contribution in [-0.4, -0.2) is 22.7 Å².